The van der Waals surface area contributed by atoms with Crippen molar-refractivity contribution < 1.29 is 37.3 Å². The molecule has 0 saturated heterocycles. The van der Waals surface area contributed by atoms with Crippen LogP contribution in [-0.4, -0.2) is 23.4 Å². The zero-order chi connectivity index (χ0) is 21.0. The third-order valence-corrected chi connectivity index (χ3v) is 4.13. The van der Waals surface area contributed by atoms with Gasteiger partial charge in [0.2, 0.25) is 0 Å². The van der Waals surface area contributed by atoms with E-state index in [2.05, 4.69) is 11.7 Å². The van der Waals surface area contributed by atoms with Crippen LogP contribution in [0.2, 0.25) is 0 Å². The summed E-state index contributed by atoms with van der Waals surface area (Å²) in [4.78, 5) is 23.1. The third kappa shape index (κ3) is 10.2. The average molecular weight is 404 g/mol. The Morgan fingerprint density at radius 1 is 0.964 bits per heavy atom. The van der Waals surface area contributed by atoms with Crippen molar-refractivity contribution in [2.45, 2.75) is 77.5 Å². The molecule has 0 amide bonds. The fraction of sp³-hybridized carbons (Fsp3) is 0.600. The van der Waals surface area contributed by atoms with Gasteiger partial charge in [0, 0.05) is 12.5 Å². The normalized spacial score (nSPS) is 11.3. The Morgan fingerprint density at radius 2 is 1.54 bits per heavy atom. The van der Waals surface area contributed by atoms with Gasteiger partial charge in [-0.05, 0) is 18.6 Å². The number of alkyl halides is 3. The van der Waals surface area contributed by atoms with E-state index in [1.807, 2.05) is 0 Å². The molecule has 28 heavy (non-hydrogen) atoms. The highest BCUT2D eigenvalue weighted by atomic mass is 19.4. The molecule has 0 saturated carbocycles. The smallest absolute Gasteiger partial charge is 0.478 e. The first-order valence-corrected chi connectivity index (χ1v) is 9.56. The maximum Gasteiger partial charge on any atom is 0.573 e. The Labute approximate surface area is 162 Å². The van der Waals surface area contributed by atoms with Gasteiger partial charge in [-0.15, -0.1) is 13.2 Å². The van der Waals surface area contributed by atoms with Crippen molar-refractivity contribution in [2.75, 3.05) is 0 Å². The molecule has 0 aliphatic heterocycles. The van der Waals surface area contributed by atoms with E-state index < -0.39 is 35.4 Å². The fourth-order valence-electron chi connectivity index (χ4n) is 2.71. The molecule has 0 unspecified atom stereocenters. The summed E-state index contributed by atoms with van der Waals surface area (Å²) in [6.07, 6.45) is 4.72. The second kappa shape index (κ2) is 12.3. The summed E-state index contributed by atoms with van der Waals surface area (Å²) in [6, 6.07) is 2.52. The number of esters is 1. The van der Waals surface area contributed by atoms with Gasteiger partial charge < -0.3 is 14.6 Å². The summed E-state index contributed by atoms with van der Waals surface area (Å²) in [5.41, 5.74) is -0.407. The first-order valence-electron chi connectivity index (χ1n) is 9.56. The Kier molecular flexibility index (Phi) is 10.4. The molecule has 0 heterocycles. The van der Waals surface area contributed by atoms with E-state index in [-0.39, 0.29) is 6.42 Å². The van der Waals surface area contributed by atoms with Crippen molar-refractivity contribution in [1.82, 2.24) is 0 Å². The van der Waals surface area contributed by atoms with Gasteiger partial charge in [0.25, 0.3) is 0 Å². The first-order chi connectivity index (χ1) is 13.2. The number of aromatic carboxylic acids is 1. The molecule has 0 spiro atoms. The van der Waals surface area contributed by atoms with E-state index >= 15 is 0 Å². The Morgan fingerprint density at radius 3 is 2.07 bits per heavy atom. The van der Waals surface area contributed by atoms with Gasteiger partial charge >= 0.3 is 18.3 Å². The molecule has 0 fully saturated rings. The van der Waals surface area contributed by atoms with E-state index in [4.69, 9.17) is 9.84 Å². The molecule has 0 atom stereocenters. The van der Waals surface area contributed by atoms with Crippen LogP contribution >= 0.6 is 0 Å². The van der Waals surface area contributed by atoms with Crippen LogP contribution in [0, 0.1) is 0 Å². The number of hydrogen-bond donors (Lipinski definition) is 1. The van der Waals surface area contributed by atoms with Crippen molar-refractivity contribution in [3.63, 3.8) is 0 Å². The third-order valence-electron chi connectivity index (χ3n) is 4.13. The molecule has 0 bridgehead atoms. The number of hydrogen-bond acceptors (Lipinski definition) is 4. The lowest BCUT2D eigenvalue weighted by molar-refractivity contribution is -0.274. The molecule has 8 heteroatoms. The average Bonchev–Trinajstić information content (AvgIpc) is 2.58. The fourth-order valence-corrected chi connectivity index (χ4v) is 2.71. The largest absolute Gasteiger partial charge is 0.573 e. The van der Waals surface area contributed by atoms with Gasteiger partial charge in [-0.25, -0.2) is 4.79 Å². The lowest BCUT2D eigenvalue weighted by atomic mass is 10.1. The minimum absolute atomic E-state index is 0.0687. The van der Waals surface area contributed by atoms with E-state index in [0.717, 1.165) is 37.5 Å². The predicted molar refractivity (Wildman–Crippen MR) is 97.6 cm³/mol. The first kappa shape index (κ1) is 23.8. The van der Waals surface area contributed by atoms with Crippen molar-refractivity contribution in [2.24, 2.45) is 0 Å². The van der Waals surface area contributed by atoms with Crippen molar-refractivity contribution >= 4 is 11.9 Å². The number of rotatable bonds is 13. The van der Waals surface area contributed by atoms with Gasteiger partial charge in [0.05, 0.1) is 0 Å². The highest BCUT2D eigenvalue weighted by molar-refractivity contribution is 5.92. The van der Waals surface area contributed by atoms with Gasteiger partial charge in [-0.3, -0.25) is 4.79 Å². The zero-order valence-electron chi connectivity index (χ0n) is 16.0. The van der Waals surface area contributed by atoms with Crippen molar-refractivity contribution in [1.29, 1.82) is 0 Å². The predicted octanol–water partition coefficient (Wildman–Crippen LogP) is 6.11. The summed E-state index contributed by atoms with van der Waals surface area (Å²) in [5.74, 6) is -3.21. The highest BCUT2D eigenvalue weighted by Crippen LogP contribution is 2.29. The van der Waals surface area contributed by atoms with Crippen molar-refractivity contribution in [3.8, 4) is 11.5 Å². The second-order valence-electron chi connectivity index (χ2n) is 6.56. The summed E-state index contributed by atoms with van der Waals surface area (Å²) in [6.45, 7) is 2.16. The Hall–Kier alpha value is -2.25. The summed E-state index contributed by atoms with van der Waals surface area (Å²) in [5, 5.41) is 9.10. The van der Waals surface area contributed by atoms with E-state index in [9.17, 15) is 22.8 Å². The van der Waals surface area contributed by atoms with E-state index in [1.165, 1.54) is 32.1 Å². The summed E-state index contributed by atoms with van der Waals surface area (Å²) < 4.78 is 45.6. The second-order valence-corrected chi connectivity index (χ2v) is 6.56. The van der Waals surface area contributed by atoms with E-state index in [0.29, 0.717) is 6.42 Å². The molecule has 1 aromatic carbocycles. The zero-order valence-corrected chi connectivity index (χ0v) is 16.0. The number of carboxylic acid groups (broad SMARTS) is 1. The van der Waals surface area contributed by atoms with Gasteiger partial charge in [0.1, 0.15) is 17.1 Å². The monoisotopic (exact) mass is 404 g/mol. The van der Waals surface area contributed by atoms with Crippen LogP contribution in [-0.2, 0) is 4.79 Å². The van der Waals surface area contributed by atoms with Gasteiger partial charge in [0.15, 0.2) is 0 Å². The molecule has 158 valence electrons. The topological polar surface area (TPSA) is 72.8 Å². The quantitative estimate of drug-likeness (QED) is 0.244. The van der Waals surface area contributed by atoms with Gasteiger partial charge in [-0.1, -0.05) is 58.3 Å². The number of halogens is 3. The number of carbonyl (C=O) groups excluding carboxylic acids is 1. The molecule has 0 aromatic heterocycles. The number of unbranched alkanes of at least 4 members (excludes halogenated alkanes) is 8. The molecule has 1 N–H and O–H groups in total. The standard InChI is InChI=1S/C20H27F3O5/c1-2-3-4-5-6-7-8-9-10-11-18(24)27-17-14-15(28-20(21,22)23)12-13-16(17)19(25)26/h12-14H,2-11H2,1H3,(H,25,26). The number of ether oxygens (including phenoxy) is 2. The van der Waals surface area contributed by atoms with Crippen LogP contribution in [0.15, 0.2) is 18.2 Å². The molecule has 0 aliphatic carbocycles. The SMILES string of the molecule is CCCCCCCCCCCC(=O)Oc1cc(OC(F)(F)F)ccc1C(=O)O. The minimum atomic E-state index is -4.93. The molecule has 0 aliphatic rings. The number of carbonyl (C=O) groups is 2. The summed E-state index contributed by atoms with van der Waals surface area (Å²) in [7, 11) is 0. The van der Waals surface area contributed by atoms with E-state index in [1.54, 1.807) is 0 Å². The minimum Gasteiger partial charge on any atom is -0.478 e. The van der Waals surface area contributed by atoms with Crippen LogP contribution in [0.1, 0.15) is 81.5 Å². The molecule has 5 nitrogen and oxygen atoms in total. The Balaban J connectivity index is 2.45. The van der Waals surface area contributed by atoms with Crippen LogP contribution in [0.3, 0.4) is 0 Å². The molecule has 1 rings (SSSR count). The van der Waals surface area contributed by atoms with Gasteiger partial charge in [-0.2, -0.15) is 0 Å². The lowest BCUT2D eigenvalue weighted by Gasteiger charge is -2.12. The summed E-state index contributed by atoms with van der Waals surface area (Å²) >= 11 is 0. The van der Waals surface area contributed by atoms with Crippen LogP contribution < -0.4 is 9.47 Å². The Bertz CT molecular complexity index is 629. The van der Waals surface area contributed by atoms with Crippen LogP contribution in [0.5, 0.6) is 11.5 Å². The molecular formula is C20H27F3O5. The molecular weight excluding hydrogens is 377 g/mol. The molecule has 1 aromatic rings. The number of carboxylic acids is 1. The maximum absolute atomic E-state index is 12.3. The number of benzene rings is 1. The highest BCUT2D eigenvalue weighted by Gasteiger charge is 2.31. The van der Waals surface area contributed by atoms with Crippen molar-refractivity contribution in [3.05, 3.63) is 23.8 Å². The van der Waals surface area contributed by atoms with Crippen LogP contribution in [0.4, 0.5) is 13.2 Å². The lowest BCUT2D eigenvalue weighted by Crippen LogP contribution is -2.17. The molecule has 0 radical (unpaired) electrons. The maximum atomic E-state index is 12.3. The van der Waals surface area contributed by atoms with Crippen LogP contribution in [0.25, 0.3) is 0 Å².